The molecule has 0 bridgehead atoms. The lowest BCUT2D eigenvalue weighted by Crippen LogP contribution is -2.01. The number of hydrogen-bond acceptors (Lipinski definition) is 3. The van der Waals surface area contributed by atoms with E-state index in [1.807, 2.05) is 37.0 Å². The summed E-state index contributed by atoms with van der Waals surface area (Å²) in [7, 11) is 1.91. The van der Waals surface area contributed by atoms with Crippen LogP contribution in [0, 0.1) is 6.92 Å². The molecule has 2 heterocycles. The molecule has 2 rings (SSSR count). The lowest BCUT2D eigenvalue weighted by atomic mass is 10.4. The van der Waals surface area contributed by atoms with Crippen molar-refractivity contribution in [3.63, 3.8) is 0 Å². The summed E-state index contributed by atoms with van der Waals surface area (Å²) in [5, 5.41) is 8.57. The molecule has 0 spiro atoms. The molecule has 5 heteroatoms. The highest BCUT2D eigenvalue weighted by atomic mass is 15.4. The van der Waals surface area contributed by atoms with Gasteiger partial charge < -0.3 is 5.73 Å². The molecule has 0 radical (unpaired) electrons. The van der Waals surface area contributed by atoms with Crippen LogP contribution in [0.15, 0.2) is 18.3 Å². The zero-order valence-corrected chi connectivity index (χ0v) is 8.31. The van der Waals surface area contributed by atoms with Gasteiger partial charge in [0.05, 0.1) is 5.69 Å². The van der Waals surface area contributed by atoms with E-state index in [2.05, 4.69) is 10.2 Å². The Balaban J connectivity index is 2.39. The zero-order valence-electron chi connectivity index (χ0n) is 8.31. The Morgan fingerprint density at radius 1 is 1.43 bits per heavy atom. The highest BCUT2D eigenvalue weighted by Gasteiger charge is 2.04. The normalized spacial score (nSPS) is 10.8. The van der Waals surface area contributed by atoms with Crippen molar-refractivity contribution in [2.75, 3.05) is 0 Å². The second-order valence-electron chi connectivity index (χ2n) is 3.22. The van der Waals surface area contributed by atoms with E-state index in [4.69, 9.17) is 5.73 Å². The Morgan fingerprint density at radius 2 is 2.21 bits per heavy atom. The summed E-state index contributed by atoms with van der Waals surface area (Å²) < 4.78 is 3.55. The summed E-state index contributed by atoms with van der Waals surface area (Å²) in [5.41, 5.74) is 7.45. The van der Waals surface area contributed by atoms with Crippen LogP contribution in [0.4, 0.5) is 0 Å². The van der Waals surface area contributed by atoms with Gasteiger partial charge in [0.15, 0.2) is 5.82 Å². The molecule has 0 aliphatic rings. The monoisotopic (exact) mass is 191 g/mol. The van der Waals surface area contributed by atoms with Crippen LogP contribution in [0.2, 0.25) is 0 Å². The van der Waals surface area contributed by atoms with Gasteiger partial charge in [0.1, 0.15) is 0 Å². The number of aromatic nitrogens is 4. The number of aryl methyl sites for hydroxylation is 2. The van der Waals surface area contributed by atoms with Crippen LogP contribution in [0.5, 0.6) is 0 Å². The maximum atomic E-state index is 5.47. The van der Waals surface area contributed by atoms with Gasteiger partial charge in [-0.2, -0.15) is 10.2 Å². The fourth-order valence-electron chi connectivity index (χ4n) is 1.25. The van der Waals surface area contributed by atoms with Crippen LogP contribution >= 0.6 is 0 Å². The Kier molecular flexibility index (Phi) is 2.09. The average Bonchev–Trinajstić information content (AvgIpc) is 2.74. The number of nitrogens with zero attached hydrogens (tertiary/aromatic N) is 4. The van der Waals surface area contributed by atoms with Gasteiger partial charge in [-0.05, 0) is 13.0 Å². The number of nitrogens with two attached hydrogens (primary N) is 1. The smallest absolute Gasteiger partial charge is 0.175 e. The second-order valence-corrected chi connectivity index (χ2v) is 3.22. The highest BCUT2D eigenvalue weighted by Crippen LogP contribution is 2.07. The summed E-state index contributed by atoms with van der Waals surface area (Å²) in [4.78, 5) is 0. The van der Waals surface area contributed by atoms with Crippen LogP contribution in [0.25, 0.3) is 5.82 Å². The molecular formula is C9H13N5. The maximum Gasteiger partial charge on any atom is 0.175 e. The van der Waals surface area contributed by atoms with Crippen molar-refractivity contribution in [2.45, 2.75) is 13.5 Å². The van der Waals surface area contributed by atoms with E-state index in [-0.39, 0.29) is 0 Å². The first-order valence-corrected chi connectivity index (χ1v) is 4.46. The van der Waals surface area contributed by atoms with E-state index in [1.54, 1.807) is 4.68 Å². The molecular weight excluding hydrogens is 178 g/mol. The Morgan fingerprint density at radius 3 is 2.71 bits per heavy atom. The van der Waals surface area contributed by atoms with Gasteiger partial charge in [0.2, 0.25) is 0 Å². The standard InChI is InChI=1S/C9H13N5/c1-7-5-9(12-13(7)2)14-4-3-8(6-10)11-14/h3-5H,6,10H2,1-2H3. The molecule has 74 valence electrons. The minimum Gasteiger partial charge on any atom is -0.325 e. The fourth-order valence-corrected chi connectivity index (χ4v) is 1.25. The molecule has 2 N–H and O–H groups in total. The molecule has 0 aliphatic heterocycles. The minimum absolute atomic E-state index is 0.457. The molecule has 0 aliphatic carbocycles. The Bertz CT molecular complexity index is 420. The molecule has 2 aromatic rings. The lowest BCUT2D eigenvalue weighted by molar-refractivity contribution is 0.709. The average molecular weight is 191 g/mol. The molecule has 14 heavy (non-hydrogen) atoms. The summed E-state index contributed by atoms with van der Waals surface area (Å²) in [5.74, 6) is 0.824. The maximum absolute atomic E-state index is 5.47. The van der Waals surface area contributed by atoms with Crippen molar-refractivity contribution in [1.82, 2.24) is 19.6 Å². The topological polar surface area (TPSA) is 61.7 Å². The van der Waals surface area contributed by atoms with Crippen molar-refractivity contribution in [2.24, 2.45) is 12.8 Å². The first-order chi connectivity index (χ1) is 6.70. The predicted molar refractivity (Wildman–Crippen MR) is 53.0 cm³/mol. The van der Waals surface area contributed by atoms with E-state index >= 15 is 0 Å². The van der Waals surface area contributed by atoms with Gasteiger partial charge in [-0.15, -0.1) is 0 Å². The zero-order chi connectivity index (χ0) is 10.1. The van der Waals surface area contributed by atoms with Crippen molar-refractivity contribution >= 4 is 0 Å². The van der Waals surface area contributed by atoms with Gasteiger partial charge in [-0.25, -0.2) is 4.68 Å². The molecule has 5 nitrogen and oxygen atoms in total. The number of rotatable bonds is 2. The van der Waals surface area contributed by atoms with Gasteiger partial charge in [-0.3, -0.25) is 4.68 Å². The molecule has 0 aromatic carbocycles. The van der Waals surface area contributed by atoms with Crippen LogP contribution in [0.1, 0.15) is 11.4 Å². The second kappa shape index (κ2) is 3.26. The molecule has 0 amide bonds. The van der Waals surface area contributed by atoms with E-state index in [1.165, 1.54) is 0 Å². The van der Waals surface area contributed by atoms with Gasteiger partial charge in [0.25, 0.3) is 0 Å². The molecule has 0 unspecified atom stereocenters. The predicted octanol–water partition coefficient (Wildman–Crippen LogP) is 0.373. The lowest BCUT2D eigenvalue weighted by Gasteiger charge is -1.93. The molecule has 0 saturated carbocycles. The third kappa shape index (κ3) is 1.42. The van der Waals surface area contributed by atoms with E-state index in [0.717, 1.165) is 17.2 Å². The van der Waals surface area contributed by atoms with Crippen molar-refractivity contribution < 1.29 is 0 Å². The van der Waals surface area contributed by atoms with Crippen molar-refractivity contribution in [3.05, 3.63) is 29.7 Å². The van der Waals surface area contributed by atoms with E-state index in [9.17, 15) is 0 Å². The van der Waals surface area contributed by atoms with Crippen LogP contribution in [-0.4, -0.2) is 19.6 Å². The Hall–Kier alpha value is -1.62. The minimum atomic E-state index is 0.457. The molecule has 2 aromatic heterocycles. The summed E-state index contributed by atoms with van der Waals surface area (Å²) >= 11 is 0. The van der Waals surface area contributed by atoms with E-state index < -0.39 is 0 Å². The van der Waals surface area contributed by atoms with Gasteiger partial charge in [-0.1, -0.05) is 0 Å². The first-order valence-electron chi connectivity index (χ1n) is 4.46. The van der Waals surface area contributed by atoms with Crippen molar-refractivity contribution in [1.29, 1.82) is 0 Å². The molecule has 0 fully saturated rings. The third-order valence-corrected chi connectivity index (χ3v) is 2.19. The summed E-state index contributed by atoms with van der Waals surface area (Å²) in [6, 6.07) is 3.87. The van der Waals surface area contributed by atoms with Gasteiger partial charge >= 0.3 is 0 Å². The highest BCUT2D eigenvalue weighted by molar-refractivity contribution is 5.23. The van der Waals surface area contributed by atoms with Crippen LogP contribution in [0.3, 0.4) is 0 Å². The summed E-state index contributed by atoms with van der Waals surface area (Å²) in [6.07, 6.45) is 1.87. The Labute approximate surface area is 82.1 Å². The molecule has 0 saturated heterocycles. The number of hydrogen-bond donors (Lipinski definition) is 1. The van der Waals surface area contributed by atoms with Crippen LogP contribution in [-0.2, 0) is 13.6 Å². The fraction of sp³-hybridized carbons (Fsp3) is 0.333. The first kappa shape index (κ1) is 8.96. The SMILES string of the molecule is Cc1cc(-n2ccc(CN)n2)nn1C. The van der Waals surface area contributed by atoms with Crippen molar-refractivity contribution in [3.8, 4) is 5.82 Å². The van der Waals surface area contributed by atoms with Gasteiger partial charge in [0, 0.05) is 31.5 Å². The van der Waals surface area contributed by atoms with E-state index in [0.29, 0.717) is 6.54 Å². The quantitative estimate of drug-likeness (QED) is 0.746. The van der Waals surface area contributed by atoms with Crippen LogP contribution < -0.4 is 5.73 Å². The largest absolute Gasteiger partial charge is 0.325 e. The third-order valence-electron chi connectivity index (χ3n) is 2.19. The summed E-state index contributed by atoms with van der Waals surface area (Å²) in [6.45, 7) is 2.46. The molecule has 0 atom stereocenters.